The van der Waals surface area contributed by atoms with E-state index in [-0.39, 0.29) is 25.6 Å². The third-order valence-electron chi connectivity index (χ3n) is 7.02. The minimum atomic E-state index is -1.02. The van der Waals surface area contributed by atoms with Crippen molar-refractivity contribution in [2.45, 2.75) is 51.7 Å². The van der Waals surface area contributed by atoms with Crippen molar-refractivity contribution in [3.63, 3.8) is 0 Å². The van der Waals surface area contributed by atoms with E-state index >= 15 is 0 Å². The van der Waals surface area contributed by atoms with Crippen LogP contribution >= 0.6 is 0 Å². The Morgan fingerprint density at radius 3 is 2.12 bits per heavy atom. The van der Waals surface area contributed by atoms with Crippen LogP contribution in [-0.4, -0.2) is 47.6 Å². The molecule has 0 radical (unpaired) electrons. The molecule has 0 unspecified atom stereocenters. The quantitative estimate of drug-likeness (QED) is 0.209. The van der Waals surface area contributed by atoms with Gasteiger partial charge in [0.1, 0.15) is 18.2 Å². The maximum Gasteiger partial charge on any atom is 0.419 e. The molecule has 0 spiro atoms. The number of ether oxygens (including phenoxy) is 3. The molecule has 1 aromatic heterocycles. The monoisotopic (exact) mass is 554 g/mol. The van der Waals surface area contributed by atoms with Crippen molar-refractivity contribution in [1.29, 1.82) is 0 Å². The van der Waals surface area contributed by atoms with Gasteiger partial charge >= 0.3 is 18.2 Å². The molecule has 0 saturated heterocycles. The molecule has 41 heavy (non-hydrogen) atoms. The van der Waals surface area contributed by atoms with Gasteiger partial charge in [0.2, 0.25) is 0 Å². The van der Waals surface area contributed by atoms with Crippen LogP contribution in [0.1, 0.15) is 50.3 Å². The first kappa shape index (κ1) is 28.0. The first-order valence-corrected chi connectivity index (χ1v) is 13.8. The lowest BCUT2D eigenvalue weighted by Gasteiger charge is -2.20. The summed E-state index contributed by atoms with van der Waals surface area (Å²) < 4.78 is 18.0. The van der Waals surface area contributed by atoms with Gasteiger partial charge in [0.05, 0.1) is 12.1 Å². The van der Waals surface area contributed by atoms with Gasteiger partial charge < -0.3 is 19.5 Å². The summed E-state index contributed by atoms with van der Waals surface area (Å²) in [7, 11) is 0. The molecule has 212 valence electrons. The number of benzene rings is 3. The zero-order chi connectivity index (χ0) is 29.1. The number of hydrogen-bond donors (Lipinski definition) is 1. The van der Waals surface area contributed by atoms with Crippen LogP contribution in [0, 0.1) is 0 Å². The van der Waals surface area contributed by atoms with E-state index in [0.29, 0.717) is 11.1 Å². The zero-order valence-corrected chi connectivity index (χ0v) is 23.7. The van der Waals surface area contributed by atoms with Crippen LogP contribution < -0.4 is 5.32 Å². The smallest absolute Gasteiger partial charge is 0.419 e. The molecule has 4 aromatic rings. The Morgan fingerprint density at radius 1 is 0.878 bits per heavy atom. The van der Waals surface area contributed by atoms with Crippen LogP contribution in [0.3, 0.4) is 0 Å². The Morgan fingerprint density at radius 2 is 1.49 bits per heavy atom. The van der Waals surface area contributed by atoms with Crippen LogP contribution in [0.4, 0.5) is 9.59 Å². The van der Waals surface area contributed by atoms with Gasteiger partial charge in [0.25, 0.3) is 0 Å². The largest absolute Gasteiger partial charge is 0.464 e. The number of hydrogen-bond acceptors (Lipinski definition) is 6. The number of carbonyl (C=O) groups is 3. The summed E-state index contributed by atoms with van der Waals surface area (Å²) in [6.45, 7) is 7.37. The van der Waals surface area contributed by atoms with E-state index < -0.39 is 29.8 Å². The van der Waals surface area contributed by atoms with Crippen molar-refractivity contribution in [2.75, 3.05) is 13.2 Å². The third kappa shape index (κ3) is 5.96. The van der Waals surface area contributed by atoms with Crippen LogP contribution in [-0.2, 0) is 25.4 Å². The molecule has 1 amide bonds. The molecule has 0 saturated carbocycles. The number of esters is 1. The SMILES string of the molecule is CCOC(=O)[C@H](Cc1cn(C(=O)OC(C)(C)C)c2ccccc12)NC(=O)OCC1c2ccccc2-c2ccccc21. The molecule has 0 fully saturated rings. The van der Waals surface area contributed by atoms with Crippen molar-refractivity contribution in [3.05, 3.63) is 95.7 Å². The Labute approximate surface area is 239 Å². The van der Waals surface area contributed by atoms with E-state index in [2.05, 4.69) is 17.4 Å². The van der Waals surface area contributed by atoms with Gasteiger partial charge in [-0.25, -0.2) is 14.4 Å². The number of amides is 1. The number of carbonyl (C=O) groups excluding carboxylic acids is 3. The molecule has 1 aliphatic carbocycles. The minimum absolute atomic E-state index is 0.0966. The molecule has 8 nitrogen and oxygen atoms in total. The van der Waals surface area contributed by atoms with Gasteiger partial charge in [-0.2, -0.15) is 0 Å². The molecule has 8 heteroatoms. The summed E-state index contributed by atoms with van der Waals surface area (Å²) in [5.74, 6) is -0.698. The number of alkyl carbamates (subject to hydrolysis) is 1. The predicted octanol–water partition coefficient (Wildman–Crippen LogP) is 6.44. The first-order chi connectivity index (χ1) is 19.7. The highest BCUT2D eigenvalue weighted by atomic mass is 16.6. The summed E-state index contributed by atoms with van der Waals surface area (Å²) >= 11 is 0. The Hall–Kier alpha value is -4.59. The second-order valence-corrected chi connectivity index (χ2v) is 11.0. The molecule has 1 heterocycles. The molecule has 5 rings (SSSR count). The summed E-state index contributed by atoms with van der Waals surface area (Å²) in [5.41, 5.74) is 5.09. The van der Waals surface area contributed by atoms with Crippen molar-refractivity contribution in [3.8, 4) is 11.1 Å². The number of nitrogens with zero attached hydrogens (tertiary/aromatic N) is 1. The van der Waals surface area contributed by atoms with E-state index in [0.717, 1.165) is 27.6 Å². The molecular formula is C33H34N2O6. The van der Waals surface area contributed by atoms with Gasteiger partial charge in [0.15, 0.2) is 0 Å². The van der Waals surface area contributed by atoms with Crippen LogP contribution in [0.5, 0.6) is 0 Å². The Bertz CT molecular complexity index is 1550. The number of fused-ring (bicyclic) bond motifs is 4. The Balaban J connectivity index is 1.34. The normalized spacial score (nSPS) is 13.3. The van der Waals surface area contributed by atoms with E-state index in [1.807, 2.05) is 54.6 Å². The van der Waals surface area contributed by atoms with Gasteiger partial charge in [-0.3, -0.25) is 4.57 Å². The van der Waals surface area contributed by atoms with Crippen molar-refractivity contribution >= 4 is 29.1 Å². The van der Waals surface area contributed by atoms with Gasteiger partial charge in [-0.15, -0.1) is 0 Å². The van der Waals surface area contributed by atoms with Crippen molar-refractivity contribution < 1.29 is 28.6 Å². The fraction of sp³-hybridized carbons (Fsp3) is 0.303. The molecule has 1 aliphatic rings. The average molecular weight is 555 g/mol. The maximum atomic E-state index is 13.0. The van der Waals surface area contributed by atoms with Crippen LogP contribution in [0.15, 0.2) is 79.0 Å². The second kappa shape index (κ2) is 11.5. The highest BCUT2D eigenvalue weighted by molar-refractivity contribution is 5.93. The van der Waals surface area contributed by atoms with Crippen LogP contribution in [0.2, 0.25) is 0 Å². The summed E-state index contributed by atoms with van der Waals surface area (Å²) in [6.07, 6.45) is 0.488. The molecule has 0 aliphatic heterocycles. The molecule has 1 N–H and O–H groups in total. The highest BCUT2D eigenvalue weighted by Crippen LogP contribution is 2.44. The number of nitrogens with one attached hydrogen (secondary N) is 1. The minimum Gasteiger partial charge on any atom is -0.464 e. The lowest BCUT2D eigenvalue weighted by Crippen LogP contribution is -2.44. The topological polar surface area (TPSA) is 95.9 Å². The van der Waals surface area contributed by atoms with Gasteiger partial charge in [0, 0.05) is 23.9 Å². The van der Waals surface area contributed by atoms with E-state index in [4.69, 9.17) is 14.2 Å². The van der Waals surface area contributed by atoms with Gasteiger partial charge in [-0.1, -0.05) is 66.7 Å². The van der Waals surface area contributed by atoms with Crippen molar-refractivity contribution in [1.82, 2.24) is 9.88 Å². The maximum absolute atomic E-state index is 13.0. The zero-order valence-electron chi connectivity index (χ0n) is 23.7. The highest BCUT2D eigenvalue weighted by Gasteiger charge is 2.31. The average Bonchev–Trinajstić information content (AvgIpc) is 3.47. The van der Waals surface area contributed by atoms with Crippen LogP contribution in [0.25, 0.3) is 22.0 Å². The summed E-state index contributed by atoms with van der Waals surface area (Å²) in [5, 5.41) is 3.47. The van der Waals surface area contributed by atoms with Gasteiger partial charge in [-0.05, 0) is 61.6 Å². The lowest BCUT2D eigenvalue weighted by atomic mass is 9.98. The molecule has 1 atom stereocenters. The summed E-state index contributed by atoms with van der Waals surface area (Å²) in [6, 6.07) is 22.5. The van der Waals surface area contributed by atoms with Crippen molar-refractivity contribution in [2.24, 2.45) is 0 Å². The van der Waals surface area contributed by atoms with E-state index in [1.165, 1.54) is 4.57 Å². The fourth-order valence-electron chi connectivity index (χ4n) is 5.31. The Kier molecular flexibility index (Phi) is 7.83. The number of rotatable bonds is 7. The van der Waals surface area contributed by atoms with E-state index in [9.17, 15) is 14.4 Å². The predicted molar refractivity (Wildman–Crippen MR) is 156 cm³/mol. The number of aromatic nitrogens is 1. The number of para-hydroxylation sites is 1. The summed E-state index contributed by atoms with van der Waals surface area (Å²) in [4.78, 5) is 38.9. The third-order valence-corrected chi connectivity index (χ3v) is 7.02. The standard InChI is InChI=1S/C33H34N2O6/c1-5-39-30(36)28(18-21-19-35(32(38)41-33(2,3)4)29-17-11-10-12-22(21)29)34-31(37)40-20-27-25-15-8-6-13-23(25)24-14-7-9-16-26(24)27/h6-17,19,27-28H,5,18,20H2,1-4H3,(H,34,37)/t28-/m0/s1. The fourth-order valence-corrected chi connectivity index (χ4v) is 5.31. The second-order valence-electron chi connectivity index (χ2n) is 11.0. The van der Waals surface area contributed by atoms with E-state index in [1.54, 1.807) is 40.0 Å². The molecular weight excluding hydrogens is 520 g/mol. The lowest BCUT2D eigenvalue weighted by molar-refractivity contribution is -0.145. The molecule has 0 bridgehead atoms. The first-order valence-electron chi connectivity index (χ1n) is 13.8. The molecule has 3 aromatic carbocycles.